The number of nitrogens with zero attached hydrogens (tertiary/aromatic N) is 3. The minimum absolute atomic E-state index is 0.0285. The van der Waals surface area contributed by atoms with E-state index in [4.69, 9.17) is 16.1 Å². The van der Waals surface area contributed by atoms with Gasteiger partial charge in [-0.15, -0.1) is 0 Å². The molecule has 10 heteroatoms. The van der Waals surface area contributed by atoms with Crippen molar-refractivity contribution < 1.29 is 18.5 Å². The number of amides is 1. The molecule has 0 radical (unpaired) electrons. The predicted molar refractivity (Wildman–Crippen MR) is 141 cm³/mol. The number of aromatic amines is 1. The van der Waals surface area contributed by atoms with E-state index in [1.54, 1.807) is 18.2 Å². The van der Waals surface area contributed by atoms with Gasteiger partial charge in [-0.2, -0.15) is 0 Å². The quantitative estimate of drug-likeness (QED) is 0.242. The van der Waals surface area contributed by atoms with Gasteiger partial charge in [-0.05, 0) is 81.9 Å². The summed E-state index contributed by atoms with van der Waals surface area (Å²) >= 11 is 6.47. The van der Waals surface area contributed by atoms with Crippen LogP contribution in [-0.4, -0.2) is 51.9 Å². The number of ketones is 1. The molecule has 2 aromatic heterocycles. The van der Waals surface area contributed by atoms with E-state index >= 15 is 0 Å². The van der Waals surface area contributed by atoms with Gasteiger partial charge in [-0.1, -0.05) is 29.6 Å². The van der Waals surface area contributed by atoms with Crippen molar-refractivity contribution in [1.82, 2.24) is 25.3 Å². The second kappa shape index (κ2) is 11.4. The SMILES string of the molecule is CN1CCC2(CC1)C[C@@H]2C(=O)N[C@@H](CCCCCC(=O)c1ccon1)c1nc(Cl)c(-c2ccc(F)cc2)[nH]1. The number of hydrogen-bond acceptors (Lipinski definition) is 6. The molecule has 1 aliphatic carbocycles. The number of nitrogens with one attached hydrogen (secondary N) is 2. The minimum atomic E-state index is -0.343. The molecule has 8 nitrogen and oxygen atoms in total. The van der Waals surface area contributed by atoms with Gasteiger partial charge in [0.15, 0.2) is 10.9 Å². The Morgan fingerprint density at radius 3 is 2.68 bits per heavy atom. The van der Waals surface area contributed by atoms with Gasteiger partial charge in [0.05, 0.1) is 11.7 Å². The zero-order valence-corrected chi connectivity index (χ0v) is 22.3. The van der Waals surface area contributed by atoms with Gasteiger partial charge in [0.1, 0.15) is 23.6 Å². The molecule has 3 heterocycles. The molecule has 38 heavy (non-hydrogen) atoms. The number of carbonyl (C=O) groups is 2. The average molecular weight is 542 g/mol. The van der Waals surface area contributed by atoms with E-state index in [-0.39, 0.29) is 40.0 Å². The standard InChI is InChI=1S/C28H33ClFN5O3/c1-35-14-12-28(13-15-35)17-20(28)27(37)31-22(5-3-2-4-6-23(36)21-11-16-38-34-21)26-32-24(25(29)33-26)18-7-9-19(30)10-8-18/h7-11,16,20,22H,2-6,12-15,17H2,1H3,(H,31,37)(H,32,33)/t20-,22+/m1/s1. The van der Waals surface area contributed by atoms with Crippen molar-refractivity contribution in [2.75, 3.05) is 20.1 Å². The molecule has 1 spiro atoms. The molecule has 1 amide bonds. The van der Waals surface area contributed by atoms with Crippen LogP contribution in [0.15, 0.2) is 41.1 Å². The number of likely N-dealkylation sites (tertiary alicyclic amines) is 1. The number of halogens is 2. The van der Waals surface area contributed by atoms with Crippen molar-refractivity contribution in [3.05, 3.63) is 59.1 Å². The van der Waals surface area contributed by atoms with Gasteiger partial charge < -0.3 is 19.7 Å². The molecule has 3 aromatic rings. The van der Waals surface area contributed by atoms with Crippen molar-refractivity contribution >= 4 is 23.3 Å². The highest BCUT2D eigenvalue weighted by molar-refractivity contribution is 6.31. The predicted octanol–water partition coefficient (Wildman–Crippen LogP) is 5.58. The summed E-state index contributed by atoms with van der Waals surface area (Å²) in [4.78, 5) is 35.7. The smallest absolute Gasteiger partial charge is 0.224 e. The summed E-state index contributed by atoms with van der Waals surface area (Å²) in [5.41, 5.74) is 1.79. The second-order valence-corrected chi connectivity index (χ2v) is 11.0. The van der Waals surface area contributed by atoms with Gasteiger partial charge in [0.2, 0.25) is 5.91 Å². The summed E-state index contributed by atoms with van der Waals surface area (Å²) in [5, 5.41) is 7.22. The second-order valence-electron chi connectivity index (χ2n) is 10.7. The lowest BCUT2D eigenvalue weighted by molar-refractivity contribution is -0.124. The Morgan fingerprint density at radius 1 is 1.21 bits per heavy atom. The summed E-state index contributed by atoms with van der Waals surface area (Å²) in [7, 11) is 2.12. The first-order chi connectivity index (χ1) is 18.3. The van der Waals surface area contributed by atoms with Crippen LogP contribution in [0, 0.1) is 17.2 Å². The van der Waals surface area contributed by atoms with Crippen LogP contribution in [0.4, 0.5) is 4.39 Å². The van der Waals surface area contributed by atoms with Gasteiger partial charge in [0, 0.05) is 24.0 Å². The van der Waals surface area contributed by atoms with Crippen LogP contribution in [0.2, 0.25) is 5.15 Å². The normalized spacial score (nSPS) is 19.4. The number of H-pyrrole nitrogens is 1. The minimum Gasteiger partial charge on any atom is -0.364 e. The lowest BCUT2D eigenvalue weighted by atomic mass is 9.91. The number of rotatable bonds is 11. The summed E-state index contributed by atoms with van der Waals surface area (Å²) in [6.45, 7) is 2.05. The molecular weight excluding hydrogens is 509 g/mol. The number of unbranched alkanes of at least 4 members (excludes halogenated alkanes) is 2. The fraction of sp³-hybridized carbons (Fsp3) is 0.500. The summed E-state index contributed by atoms with van der Waals surface area (Å²) in [6.07, 6.45) is 7.79. The van der Waals surface area contributed by atoms with E-state index < -0.39 is 0 Å². The summed E-state index contributed by atoms with van der Waals surface area (Å²) in [6, 6.07) is 7.27. The Labute approximate surface area is 226 Å². The third-order valence-corrected chi connectivity index (χ3v) is 8.34. The first-order valence-electron chi connectivity index (χ1n) is 13.3. The maximum atomic E-state index is 13.4. The van der Waals surface area contributed by atoms with E-state index in [1.807, 2.05) is 0 Å². The molecule has 0 bridgehead atoms. The maximum Gasteiger partial charge on any atom is 0.224 e. The topological polar surface area (TPSA) is 104 Å². The maximum absolute atomic E-state index is 13.4. The average Bonchev–Trinajstić information content (AvgIpc) is 3.22. The highest BCUT2D eigenvalue weighted by Gasteiger charge is 2.58. The van der Waals surface area contributed by atoms with Crippen LogP contribution in [0.5, 0.6) is 0 Å². The van der Waals surface area contributed by atoms with Gasteiger partial charge in [-0.3, -0.25) is 9.59 Å². The highest BCUT2D eigenvalue weighted by atomic mass is 35.5. The Bertz CT molecular complexity index is 1250. The van der Waals surface area contributed by atoms with Crippen LogP contribution in [-0.2, 0) is 4.79 Å². The molecule has 2 aliphatic rings. The van der Waals surface area contributed by atoms with Crippen LogP contribution < -0.4 is 5.32 Å². The molecule has 0 unspecified atom stereocenters. The Hall–Kier alpha value is -3.04. The lowest BCUT2D eigenvalue weighted by Gasteiger charge is -2.30. The molecule has 2 atom stereocenters. The van der Waals surface area contributed by atoms with E-state index in [9.17, 15) is 14.0 Å². The highest BCUT2D eigenvalue weighted by Crippen LogP contribution is 2.59. The molecule has 1 aliphatic heterocycles. The van der Waals surface area contributed by atoms with Gasteiger partial charge >= 0.3 is 0 Å². The number of carbonyl (C=O) groups excluding carboxylic acids is 2. The van der Waals surface area contributed by atoms with Crippen LogP contribution >= 0.6 is 11.6 Å². The molecular formula is C28H33ClFN5O3. The van der Waals surface area contributed by atoms with E-state index in [2.05, 4.69) is 32.4 Å². The van der Waals surface area contributed by atoms with Crippen LogP contribution in [0.3, 0.4) is 0 Å². The van der Waals surface area contributed by atoms with E-state index in [0.717, 1.165) is 50.8 Å². The number of Topliss-reactive ketones (excluding diaryl/α,β-unsaturated/α-hetero) is 1. The number of imidazole rings is 1. The summed E-state index contributed by atoms with van der Waals surface area (Å²) < 4.78 is 18.2. The first-order valence-corrected chi connectivity index (χ1v) is 13.7. The lowest BCUT2D eigenvalue weighted by Crippen LogP contribution is -2.36. The fourth-order valence-electron chi connectivity index (χ4n) is 5.52. The molecule has 2 N–H and O–H groups in total. The third kappa shape index (κ3) is 5.99. The molecule has 1 aromatic carbocycles. The van der Waals surface area contributed by atoms with Crippen molar-refractivity contribution in [3.8, 4) is 11.3 Å². The monoisotopic (exact) mass is 541 g/mol. The first kappa shape index (κ1) is 26.6. The third-order valence-electron chi connectivity index (χ3n) is 8.07. The fourth-order valence-corrected chi connectivity index (χ4v) is 5.77. The van der Waals surface area contributed by atoms with E-state index in [0.29, 0.717) is 36.5 Å². The Kier molecular flexibility index (Phi) is 7.95. The number of piperidine rings is 1. The number of aromatic nitrogens is 3. The molecule has 5 rings (SSSR count). The van der Waals surface area contributed by atoms with Crippen LogP contribution in [0.25, 0.3) is 11.3 Å². The number of benzene rings is 1. The molecule has 1 saturated carbocycles. The van der Waals surface area contributed by atoms with Crippen molar-refractivity contribution in [2.24, 2.45) is 11.3 Å². The van der Waals surface area contributed by atoms with E-state index in [1.165, 1.54) is 18.4 Å². The summed E-state index contributed by atoms with van der Waals surface area (Å²) in [5.74, 6) is 0.309. The molecule has 1 saturated heterocycles. The number of hydrogen-bond donors (Lipinski definition) is 2. The Balaban J connectivity index is 1.24. The zero-order chi connectivity index (χ0) is 26.7. The van der Waals surface area contributed by atoms with Crippen molar-refractivity contribution in [1.29, 1.82) is 0 Å². The zero-order valence-electron chi connectivity index (χ0n) is 21.5. The van der Waals surface area contributed by atoms with Crippen molar-refractivity contribution in [3.63, 3.8) is 0 Å². The van der Waals surface area contributed by atoms with Crippen molar-refractivity contribution in [2.45, 2.75) is 57.4 Å². The molecule has 2 fully saturated rings. The largest absolute Gasteiger partial charge is 0.364 e. The Morgan fingerprint density at radius 2 is 1.97 bits per heavy atom. The van der Waals surface area contributed by atoms with Crippen LogP contribution in [0.1, 0.15) is 73.7 Å². The van der Waals surface area contributed by atoms with Gasteiger partial charge in [0.25, 0.3) is 0 Å². The molecule has 202 valence electrons. The van der Waals surface area contributed by atoms with Gasteiger partial charge in [-0.25, -0.2) is 9.37 Å².